The first kappa shape index (κ1) is 9.85. The Morgan fingerprint density at radius 3 is 2.67 bits per heavy atom. The Morgan fingerprint density at radius 1 is 1.50 bits per heavy atom. The molecule has 0 bridgehead atoms. The van der Waals surface area contributed by atoms with Crippen LogP contribution in [0.15, 0.2) is 18.2 Å². The number of rotatable bonds is 2. The van der Waals surface area contributed by atoms with Crippen LogP contribution in [0.3, 0.4) is 0 Å². The highest BCUT2D eigenvalue weighted by molar-refractivity contribution is 6.31. The van der Waals surface area contributed by atoms with Gasteiger partial charge in [-0.1, -0.05) is 23.7 Å². The third kappa shape index (κ3) is 1.92. The summed E-state index contributed by atoms with van der Waals surface area (Å²) in [5.41, 5.74) is 1.70. The van der Waals surface area contributed by atoms with Crippen molar-refractivity contribution in [2.24, 2.45) is 0 Å². The van der Waals surface area contributed by atoms with Crippen molar-refractivity contribution in [1.29, 1.82) is 0 Å². The molecule has 0 heterocycles. The molecule has 0 aromatic heterocycles. The summed E-state index contributed by atoms with van der Waals surface area (Å²) < 4.78 is 0. The lowest BCUT2D eigenvalue weighted by molar-refractivity contribution is 0.202. The van der Waals surface area contributed by atoms with Gasteiger partial charge in [0.05, 0.1) is 12.0 Å². The summed E-state index contributed by atoms with van der Waals surface area (Å²) in [6, 6.07) is 5.50. The van der Waals surface area contributed by atoms with Crippen LogP contribution >= 0.6 is 23.2 Å². The van der Waals surface area contributed by atoms with Gasteiger partial charge in [0.25, 0.3) is 0 Å². The smallest absolute Gasteiger partial charge is 0.0942 e. The van der Waals surface area contributed by atoms with Crippen LogP contribution in [0.25, 0.3) is 0 Å². The Balaban J connectivity index is 3.12. The van der Waals surface area contributed by atoms with Crippen molar-refractivity contribution < 1.29 is 5.11 Å². The van der Waals surface area contributed by atoms with Crippen LogP contribution in [0, 0.1) is 6.92 Å². The number of hydrogen-bond donors (Lipinski definition) is 1. The molecule has 0 aliphatic rings. The molecule has 3 heteroatoms. The summed E-state index contributed by atoms with van der Waals surface area (Å²) in [5.74, 6) is 0.171. The Morgan fingerprint density at radius 2 is 2.17 bits per heavy atom. The highest BCUT2D eigenvalue weighted by Gasteiger charge is 2.12. The molecule has 0 saturated carbocycles. The summed E-state index contributed by atoms with van der Waals surface area (Å²) in [6.07, 6.45) is -0.666. The number of hydrogen-bond acceptors (Lipinski definition) is 1. The van der Waals surface area contributed by atoms with Crippen molar-refractivity contribution >= 4 is 23.2 Å². The molecule has 66 valence electrons. The van der Waals surface area contributed by atoms with Gasteiger partial charge in [-0.2, -0.15) is 0 Å². The largest absolute Gasteiger partial charge is 0.387 e. The van der Waals surface area contributed by atoms with Gasteiger partial charge in [-0.15, -0.1) is 11.6 Å². The van der Waals surface area contributed by atoms with E-state index >= 15 is 0 Å². The molecule has 1 aromatic rings. The number of aliphatic hydroxyl groups is 1. The Hall–Kier alpha value is -0.240. The first-order valence-corrected chi connectivity index (χ1v) is 4.57. The van der Waals surface area contributed by atoms with E-state index in [1.165, 1.54) is 0 Å². The van der Waals surface area contributed by atoms with Crippen LogP contribution in [0.2, 0.25) is 5.02 Å². The van der Waals surface area contributed by atoms with E-state index < -0.39 is 6.10 Å². The third-order valence-electron chi connectivity index (χ3n) is 1.75. The SMILES string of the molecule is Cc1cccc(Cl)c1C(O)CCl. The first-order chi connectivity index (χ1) is 5.66. The van der Waals surface area contributed by atoms with E-state index in [9.17, 15) is 5.11 Å². The fourth-order valence-electron chi connectivity index (χ4n) is 1.14. The van der Waals surface area contributed by atoms with Crippen LogP contribution in [0.5, 0.6) is 0 Å². The summed E-state index contributed by atoms with van der Waals surface area (Å²) in [7, 11) is 0. The van der Waals surface area contributed by atoms with Gasteiger partial charge in [0, 0.05) is 10.6 Å². The average molecular weight is 205 g/mol. The minimum atomic E-state index is -0.666. The quantitative estimate of drug-likeness (QED) is 0.736. The Kier molecular flexibility index (Phi) is 3.39. The molecule has 12 heavy (non-hydrogen) atoms. The minimum absolute atomic E-state index is 0.171. The summed E-state index contributed by atoms with van der Waals surface area (Å²) in [4.78, 5) is 0. The summed E-state index contributed by atoms with van der Waals surface area (Å²) >= 11 is 11.4. The number of aryl methyl sites for hydroxylation is 1. The van der Waals surface area contributed by atoms with Crippen LogP contribution in [-0.4, -0.2) is 11.0 Å². The molecule has 1 N–H and O–H groups in total. The van der Waals surface area contributed by atoms with Gasteiger partial charge in [0.1, 0.15) is 0 Å². The predicted octanol–water partition coefficient (Wildman–Crippen LogP) is 2.92. The van der Waals surface area contributed by atoms with Crippen LogP contribution in [0.4, 0.5) is 0 Å². The van der Waals surface area contributed by atoms with E-state index in [1.54, 1.807) is 6.07 Å². The summed E-state index contributed by atoms with van der Waals surface area (Å²) in [6.45, 7) is 1.90. The van der Waals surface area contributed by atoms with Crippen molar-refractivity contribution in [3.8, 4) is 0 Å². The molecular weight excluding hydrogens is 195 g/mol. The van der Waals surface area contributed by atoms with Gasteiger partial charge in [-0.3, -0.25) is 0 Å². The molecule has 0 fully saturated rings. The predicted molar refractivity (Wildman–Crippen MR) is 51.9 cm³/mol. The van der Waals surface area contributed by atoms with Crippen LogP contribution < -0.4 is 0 Å². The molecular formula is C9H10Cl2O. The monoisotopic (exact) mass is 204 g/mol. The normalized spacial score (nSPS) is 13.0. The second-order valence-corrected chi connectivity index (χ2v) is 3.36. The molecule has 0 aliphatic heterocycles. The number of halogens is 2. The average Bonchev–Trinajstić information content (AvgIpc) is 2.03. The molecule has 0 amide bonds. The van der Waals surface area contributed by atoms with Gasteiger partial charge in [0.2, 0.25) is 0 Å². The van der Waals surface area contributed by atoms with Gasteiger partial charge in [0.15, 0.2) is 0 Å². The highest BCUT2D eigenvalue weighted by Crippen LogP contribution is 2.26. The van der Waals surface area contributed by atoms with Crippen molar-refractivity contribution in [3.05, 3.63) is 34.3 Å². The van der Waals surface area contributed by atoms with Crippen LogP contribution in [0.1, 0.15) is 17.2 Å². The molecule has 0 radical (unpaired) electrons. The minimum Gasteiger partial charge on any atom is -0.387 e. The maximum absolute atomic E-state index is 9.47. The van der Waals surface area contributed by atoms with E-state index in [4.69, 9.17) is 23.2 Å². The second kappa shape index (κ2) is 4.13. The maximum atomic E-state index is 9.47. The zero-order chi connectivity index (χ0) is 9.14. The molecule has 1 unspecified atom stereocenters. The van der Waals surface area contributed by atoms with Crippen molar-refractivity contribution in [2.75, 3.05) is 5.88 Å². The van der Waals surface area contributed by atoms with E-state index in [2.05, 4.69) is 0 Å². The topological polar surface area (TPSA) is 20.2 Å². The number of aliphatic hydroxyl groups excluding tert-OH is 1. The lowest BCUT2D eigenvalue weighted by Gasteiger charge is -2.11. The summed E-state index contributed by atoms with van der Waals surface area (Å²) in [5, 5.41) is 10.0. The second-order valence-electron chi connectivity index (χ2n) is 2.64. The van der Waals surface area contributed by atoms with E-state index in [0.717, 1.165) is 11.1 Å². The van der Waals surface area contributed by atoms with E-state index in [-0.39, 0.29) is 5.88 Å². The molecule has 1 nitrogen and oxygen atoms in total. The Labute approximate surface area is 81.9 Å². The molecule has 0 saturated heterocycles. The highest BCUT2D eigenvalue weighted by atomic mass is 35.5. The standard InChI is InChI=1S/C9H10Cl2O/c1-6-3-2-4-7(11)9(6)8(12)5-10/h2-4,8,12H,5H2,1H3. The fourth-order valence-corrected chi connectivity index (χ4v) is 1.65. The molecule has 1 rings (SSSR count). The van der Waals surface area contributed by atoms with Crippen molar-refractivity contribution in [3.63, 3.8) is 0 Å². The van der Waals surface area contributed by atoms with E-state index in [0.29, 0.717) is 5.02 Å². The Bertz CT molecular complexity index is 253. The zero-order valence-electron chi connectivity index (χ0n) is 6.72. The molecule has 1 aromatic carbocycles. The van der Waals surface area contributed by atoms with Crippen LogP contribution in [-0.2, 0) is 0 Å². The lowest BCUT2D eigenvalue weighted by atomic mass is 10.0. The maximum Gasteiger partial charge on any atom is 0.0942 e. The molecule has 1 atom stereocenters. The fraction of sp³-hybridized carbons (Fsp3) is 0.333. The first-order valence-electron chi connectivity index (χ1n) is 3.66. The van der Waals surface area contributed by atoms with Gasteiger partial charge >= 0.3 is 0 Å². The number of alkyl halides is 1. The molecule has 0 aliphatic carbocycles. The van der Waals surface area contributed by atoms with Crippen molar-refractivity contribution in [2.45, 2.75) is 13.0 Å². The molecule has 0 spiro atoms. The third-order valence-corrected chi connectivity index (χ3v) is 2.37. The number of benzene rings is 1. The van der Waals surface area contributed by atoms with Crippen molar-refractivity contribution in [1.82, 2.24) is 0 Å². The van der Waals surface area contributed by atoms with Gasteiger partial charge in [-0.25, -0.2) is 0 Å². The van der Waals surface area contributed by atoms with Gasteiger partial charge < -0.3 is 5.11 Å². The van der Waals surface area contributed by atoms with Gasteiger partial charge in [-0.05, 0) is 18.6 Å². The van der Waals surface area contributed by atoms with E-state index in [1.807, 2.05) is 19.1 Å². The lowest BCUT2D eigenvalue weighted by Crippen LogP contribution is -2.01. The zero-order valence-corrected chi connectivity index (χ0v) is 8.23.